The monoisotopic (exact) mass is 285 g/mol. The molecule has 0 aliphatic heterocycles. The molecule has 1 atom stereocenters. The van der Waals surface area contributed by atoms with Gasteiger partial charge in [-0.25, -0.2) is 0 Å². The van der Waals surface area contributed by atoms with E-state index >= 15 is 0 Å². The molecule has 3 heteroatoms. The Morgan fingerprint density at radius 3 is 2.05 bits per heavy atom. The Kier molecular flexibility index (Phi) is 8.84. The van der Waals surface area contributed by atoms with Crippen LogP contribution in [0.1, 0.15) is 72.6 Å². The first-order chi connectivity index (χ1) is 8.74. The number of hydrogen-bond acceptors (Lipinski definition) is 2. The summed E-state index contributed by atoms with van der Waals surface area (Å²) in [6.07, 6.45) is 10.1. The van der Waals surface area contributed by atoms with Gasteiger partial charge in [-0.1, -0.05) is 66.2 Å². The van der Waals surface area contributed by atoms with Crippen LogP contribution in [0.4, 0.5) is 0 Å². The Bertz CT molecular complexity index is 244. The largest absolute Gasteiger partial charge is 0.406 e. The van der Waals surface area contributed by atoms with Gasteiger partial charge >= 0.3 is 0 Å². The number of unbranched alkanes of at least 4 members (excludes halogenated alkanes) is 5. The topological polar surface area (TPSA) is 26.3 Å². The van der Waals surface area contributed by atoms with Crippen molar-refractivity contribution in [3.8, 4) is 0 Å². The summed E-state index contributed by atoms with van der Waals surface area (Å²) in [6.45, 7) is 13.2. The van der Waals surface area contributed by atoms with E-state index in [0.29, 0.717) is 0 Å². The zero-order valence-electron chi connectivity index (χ0n) is 13.8. The van der Waals surface area contributed by atoms with Gasteiger partial charge in [-0.3, -0.25) is 4.79 Å². The van der Waals surface area contributed by atoms with Crippen LogP contribution in [0.5, 0.6) is 0 Å². The summed E-state index contributed by atoms with van der Waals surface area (Å²) in [6, 6.07) is 0. The highest BCUT2D eigenvalue weighted by atomic mass is 28.4. The van der Waals surface area contributed by atoms with Gasteiger partial charge in [0, 0.05) is 0 Å². The second kappa shape index (κ2) is 8.91. The molecule has 0 spiro atoms. The van der Waals surface area contributed by atoms with Crippen molar-refractivity contribution in [3.63, 3.8) is 0 Å². The van der Waals surface area contributed by atoms with Crippen LogP contribution in [0.3, 0.4) is 0 Å². The van der Waals surface area contributed by atoms with Gasteiger partial charge in [0.1, 0.15) is 6.10 Å². The SMILES string of the molecule is CCCCCCCCC([C]=O)O[Si](C)(C)C(C)(C)C. The van der Waals surface area contributed by atoms with Crippen molar-refractivity contribution in [2.75, 3.05) is 0 Å². The first-order valence-electron chi connectivity index (χ1n) is 7.80. The smallest absolute Gasteiger partial charge is 0.228 e. The first-order valence-corrected chi connectivity index (χ1v) is 10.7. The molecule has 0 heterocycles. The summed E-state index contributed by atoms with van der Waals surface area (Å²) in [5.41, 5.74) is 0. The Hall–Kier alpha value is -0.153. The molecule has 113 valence electrons. The van der Waals surface area contributed by atoms with Gasteiger partial charge in [0.05, 0.1) is 0 Å². The van der Waals surface area contributed by atoms with E-state index < -0.39 is 8.32 Å². The summed E-state index contributed by atoms with van der Waals surface area (Å²) >= 11 is 0. The van der Waals surface area contributed by atoms with Crippen LogP contribution >= 0.6 is 0 Å². The minimum absolute atomic E-state index is 0.156. The molecule has 0 aromatic rings. The minimum atomic E-state index is -1.83. The zero-order valence-corrected chi connectivity index (χ0v) is 14.8. The summed E-state index contributed by atoms with van der Waals surface area (Å²) in [7, 11) is -1.83. The van der Waals surface area contributed by atoms with E-state index in [1.54, 1.807) is 0 Å². The van der Waals surface area contributed by atoms with Gasteiger partial charge in [0.2, 0.25) is 6.29 Å². The molecule has 1 unspecified atom stereocenters. The predicted octanol–water partition coefficient (Wildman–Crippen LogP) is 5.24. The van der Waals surface area contributed by atoms with Crippen LogP contribution in [-0.2, 0) is 9.22 Å². The lowest BCUT2D eigenvalue weighted by molar-refractivity contribution is 0.221. The van der Waals surface area contributed by atoms with Crippen molar-refractivity contribution in [2.45, 2.75) is 96.9 Å². The average molecular weight is 286 g/mol. The second-order valence-corrected chi connectivity index (χ2v) is 11.8. The molecule has 0 aliphatic rings. The molecule has 0 N–H and O–H groups in total. The van der Waals surface area contributed by atoms with Gasteiger partial charge in [-0.05, 0) is 24.6 Å². The normalized spacial score (nSPS) is 14.4. The summed E-state index contributed by atoms with van der Waals surface area (Å²) in [5, 5.41) is 0.156. The van der Waals surface area contributed by atoms with Crippen LogP contribution in [0.15, 0.2) is 0 Å². The Morgan fingerprint density at radius 2 is 1.58 bits per heavy atom. The third kappa shape index (κ3) is 7.88. The maximum absolute atomic E-state index is 11.0. The third-order valence-corrected chi connectivity index (χ3v) is 8.68. The third-order valence-electron chi connectivity index (χ3n) is 4.19. The van der Waals surface area contributed by atoms with E-state index in [1.165, 1.54) is 32.1 Å². The summed E-state index contributed by atoms with van der Waals surface area (Å²) in [5.74, 6) is 0. The maximum atomic E-state index is 11.0. The Labute approximate surface area is 121 Å². The van der Waals surface area contributed by atoms with Gasteiger partial charge in [-0.2, -0.15) is 0 Å². The molecular formula is C16H33O2Si. The average Bonchev–Trinajstić information content (AvgIpc) is 2.30. The van der Waals surface area contributed by atoms with E-state index in [9.17, 15) is 4.79 Å². The van der Waals surface area contributed by atoms with Crippen molar-refractivity contribution in [3.05, 3.63) is 0 Å². The lowest BCUT2D eigenvalue weighted by atomic mass is 10.1. The van der Waals surface area contributed by atoms with Crippen molar-refractivity contribution in [2.24, 2.45) is 0 Å². The molecule has 19 heavy (non-hydrogen) atoms. The van der Waals surface area contributed by atoms with Gasteiger partial charge in [0.15, 0.2) is 8.32 Å². The van der Waals surface area contributed by atoms with Crippen LogP contribution in [0.2, 0.25) is 18.1 Å². The number of carbonyl (C=O) groups excluding carboxylic acids is 1. The minimum Gasteiger partial charge on any atom is -0.406 e. The molecule has 2 nitrogen and oxygen atoms in total. The van der Waals surface area contributed by atoms with Crippen molar-refractivity contribution in [1.29, 1.82) is 0 Å². The number of rotatable bonds is 10. The molecule has 0 aromatic heterocycles. The molecule has 0 saturated carbocycles. The standard InChI is InChI=1S/C16H33O2Si/c1-7-8-9-10-11-12-13-15(14-17)18-19(5,6)16(2,3)4/h15H,7-13H2,1-6H3. The van der Waals surface area contributed by atoms with Crippen molar-refractivity contribution < 1.29 is 9.22 Å². The van der Waals surface area contributed by atoms with E-state index in [1.807, 2.05) is 0 Å². The molecule has 0 amide bonds. The lowest BCUT2D eigenvalue weighted by Crippen LogP contribution is -2.44. The van der Waals surface area contributed by atoms with E-state index in [2.05, 4.69) is 47.1 Å². The predicted molar refractivity (Wildman–Crippen MR) is 85.8 cm³/mol. The van der Waals surface area contributed by atoms with Gasteiger partial charge < -0.3 is 4.43 Å². The van der Waals surface area contributed by atoms with Crippen molar-refractivity contribution >= 4 is 14.6 Å². The maximum Gasteiger partial charge on any atom is 0.228 e. The Balaban J connectivity index is 3.99. The molecule has 0 saturated heterocycles. The van der Waals surface area contributed by atoms with E-state index in [4.69, 9.17) is 4.43 Å². The summed E-state index contributed by atoms with van der Waals surface area (Å²) < 4.78 is 6.09. The van der Waals surface area contributed by atoms with Crippen LogP contribution in [0, 0.1) is 0 Å². The molecule has 0 rings (SSSR count). The summed E-state index contributed by atoms with van der Waals surface area (Å²) in [4.78, 5) is 11.0. The van der Waals surface area contributed by atoms with E-state index in [0.717, 1.165) is 12.8 Å². The molecule has 0 bridgehead atoms. The molecule has 1 radical (unpaired) electrons. The van der Waals surface area contributed by atoms with Crippen LogP contribution < -0.4 is 0 Å². The Morgan fingerprint density at radius 1 is 1.05 bits per heavy atom. The molecular weight excluding hydrogens is 252 g/mol. The van der Waals surface area contributed by atoms with Crippen molar-refractivity contribution in [1.82, 2.24) is 0 Å². The first kappa shape index (κ1) is 18.8. The molecule has 0 aromatic carbocycles. The quantitative estimate of drug-likeness (QED) is 0.405. The highest BCUT2D eigenvalue weighted by Crippen LogP contribution is 2.37. The van der Waals surface area contributed by atoms with Crippen LogP contribution in [-0.4, -0.2) is 20.7 Å². The highest BCUT2D eigenvalue weighted by molar-refractivity contribution is 6.74. The molecule has 0 fully saturated rings. The zero-order chi connectivity index (χ0) is 14.9. The fourth-order valence-corrected chi connectivity index (χ4v) is 3.02. The highest BCUT2D eigenvalue weighted by Gasteiger charge is 2.39. The van der Waals surface area contributed by atoms with Gasteiger partial charge in [-0.15, -0.1) is 0 Å². The van der Waals surface area contributed by atoms with Gasteiger partial charge in [0.25, 0.3) is 0 Å². The molecule has 0 aliphatic carbocycles. The van der Waals surface area contributed by atoms with Crippen LogP contribution in [0.25, 0.3) is 0 Å². The fourth-order valence-electron chi connectivity index (χ4n) is 1.78. The van der Waals surface area contributed by atoms with E-state index in [-0.39, 0.29) is 11.1 Å². The fraction of sp³-hybridized carbons (Fsp3) is 0.938. The number of hydrogen-bond donors (Lipinski definition) is 0. The second-order valence-electron chi connectivity index (χ2n) is 7.04. The lowest BCUT2D eigenvalue weighted by Gasteiger charge is -2.37.